The summed E-state index contributed by atoms with van der Waals surface area (Å²) >= 11 is 0. The summed E-state index contributed by atoms with van der Waals surface area (Å²) in [5, 5.41) is 6.27. The van der Waals surface area contributed by atoms with Crippen molar-refractivity contribution < 1.29 is 17.1 Å². The number of rotatable bonds is 7. The topological polar surface area (TPSA) is 0 Å². The molecule has 2 unspecified atom stereocenters. The second-order valence-electron chi connectivity index (χ2n) is 14.8. The molecule has 2 aliphatic rings. The Morgan fingerprint density at radius 1 is 0.426 bits per heavy atom. The van der Waals surface area contributed by atoms with Crippen molar-refractivity contribution in [3.05, 3.63) is 117 Å². The largest absolute Gasteiger partial charge is 0.0576 e. The zero-order valence-corrected chi connectivity index (χ0v) is 33.5. The Labute approximate surface area is 300 Å². The summed E-state index contributed by atoms with van der Waals surface area (Å²) in [4.78, 5) is 0. The summed E-state index contributed by atoms with van der Waals surface area (Å²) in [7, 11) is -0.957. The van der Waals surface area contributed by atoms with Gasteiger partial charge < -0.3 is 0 Å². The van der Waals surface area contributed by atoms with Crippen LogP contribution in [-0.4, -0.2) is 11.3 Å². The minimum Gasteiger partial charge on any atom is -0.0576 e. The molecule has 3 atom stereocenters. The van der Waals surface area contributed by atoms with Gasteiger partial charge in [0.25, 0.3) is 0 Å². The van der Waals surface area contributed by atoms with E-state index in [-0.39, 0.29) is 17.1 Å². The van der Waals surface area contributed by atoms with E-state index in [9.17, 15) is 0 Å². The van der Waals surface area contributed by atoms with Crippen LogP contribution in [0.2, 0.25) is 0 Å². The van der Waals surface area contributed by atoms with Crippen LogP contribution < -0.4 is 21.2 Å². The van der Waals surface area contributed by atoms with E-state index in [1.807, 2.05) is 0 Å². The van der Waals surface area contributed by atoms with Gasteiger partial charge >= 0.3 is 0 Å². The first-order valence-electron chi connectivity index (χ1n) is 17.9. The van der Waals surface area contributed by atoms with E-state index in [1.54, 1.807) is 21.2 Å². The number of hydrogen-bond acceptors (Lipinski definition) is 0. The molecule has 0 spiro atoms. The Morgan fingerprint density at radius 2 is 0.723 bits per heavy atom. The normalized spacial score (nSPS) is 18.2. The number of hydrogen-bond donors (Lipinski definition) is 0. The van der Waals surface area contributed by atoms with Gasteiger partial charge in [-0.3, -0.25) is 0 Å². The van der Waals surface area contributed by atoms with E-state index < -0.39 is 15.8 Å². The van der Waals surface area contributed by atoms with E-state index >= 15 is 0 Å². The molecule has 0 aliphatic heterocycles. The van der Waals surface area contributed by atoms with Crippen molar-refractivity contribution in [2.45, 2.75) is 125 Å². The van der Waals surface area contributed by atoms with E-state index in [1.165, 1.54) is 95.9 Å². The van der Waals surface area contributed by atoms with Crippen LogP contribution in [0.25, 0.3) is 0 Å². The van der Waals surface area contributed by atoms with Crippen LogP contribution in [0.3, 0.4) is 0 Å². The standard InChI is InChI=1S/C39H48P2.C5H10.Fe/c1-25-13-26(2)18-34(17-25)40(35-19-27(3)14-28(4)20-35)33(9)38-11-10-12-39(38)41(36-21-29(5)15-30(6)22-36)37-23-31(7)16-32(8)24-37;1-2-4-5-3-1;/h13-24,33,38-39H,10-12H2,1-9H3;1-5H2;/t33-,38?,39?;;/m1../s1. The van der Waals surface area contributed by atoms with Gasteiger partial charge in [0.2, 0.25) is 0 Å². The van der Waals surface area contributed by atoms with Crippen molar-refractivity contribution in [3.63, 3.8) is 0 Å². The van der Waals surface area contributed by atoms with Crippen LogP contribution in [0.5, 0.6) is 0 Å². The van der Waals surface area contributed by atoms with E-state index in [0.717, 1.165) is 0 Å². The van der Waals surface area contributed by atoms with Crippen LogP contribution in [0, 0.1) is 61.3 Å². The smallest absolute Gasteiger partial charge is 0 e. The van der Waals surface area contributed by atoms with E-state index in [0.29, 0.717) is 17.2 Å². The predicted molar refractivity (Wildman–Crippen MR) is 210 cm³/mol. The SMILES string of the molecule is C1CCCC1.Cc1cc(C)cc(P(c2cc(C)cc(C)c2)C2CCCC2[C@@H](C)P(c2cc(C)cc(C)c2)c2cc(C)cc(C)c2)c1.[Fe]. The summed E-state index contributed by atoms with van der Waals surface area (Å²) in [6, 6.07) is 29.4. The molecule has 0 N–H and O–H groups in total. The van der Waals surface area contributed by atoms with Gasteiger partial charge in [0, 0.05) is 17.1 Å². The molecule has 3 heteroatoms. The van der Waals surface area contributed by atoms with Crippen molar-refractivity contribution in [1.29, 1.82) is 0 Å². The third kappa shape index (κ3) is 9.92. The second-order valence-corrected chi connectivity index (χ2v) is 19.8. The minimum atomic E-state index is -0.492. The fraction of sp³-hybridized carbons (Fsp3) is 0.455. The van der Waals surface area contributed by atoms with E-state index in [2.05, 4.69) is 135 Å². The molecule has 0 amide bonds. The molecular weight excluding hydrogens is 646 g/mol. The summed E-state index contributed by atoms with van der Waals surface area (Å²) in [5.74, 6) is 0.704. The fourth-order valence-electron chi connectivity index (χ4n) is 8.44. The van der Waals surface area contributed by atoms with Crippen molar-refractivity contribution in [1.82, 2.24) is 0 Å². The molecule has 4 aromatic rings. The summed E-state index contributed by atoms with van der Waals surface area (Å²) in [6.45, 7) is 20.8. The van der Waals surface area contributed by atoms with Gasteiger partial charge in [-0.2, -0.15) is 0 Å². The van der Waals surface area contributed by atoms with Crippen LogP contribution in [0.1, 0.15) is 103 Å². The molecule has 2 fully saturated rings. The molecule has 0 heterocycles. The first kappa shape index (κ1) is 38.1. The average Bonchev–Trinajstić information content (AvgIpc) is 3.68. The van der Waals surface area contributed by atoms with Gasteiger partial charge in [0.15, 0.2) is 0 Å². The van der Waals surface area contributed by atoms with Gasteiger partial charge in [0.05, 0.1) is 0 Å². The first-order valence-corrected chi connectivity index (χ1v) is 20.7. The fourth-order valence-corrected chi connectivity index (χ4v) is 15.6. The molecule has 4 aromatic carbocycles. The molecule has 6 rings (SSSR count). The monoisotopic (exact) mass is 704 g/mol. The molecule has 0 bridgehead atoms. The first-order chi connectivity index (χ1) is 22.0. The Hall–Kier alpha value is -1.74. The Balaban J connectivity index is 0.000000762. The predicted octanol–water partition coefficient (Wildman–Crippen LogP) is 11.2. The molecule has 0 saturated heterocycles. The number of aryl methyl sites for hydroxylation is 8. The summed E-state index contributed by atoms with van der Waals surface area (Å²) < 4.78 is 0. The van der Waals surface area contributed by atoms with Crippen LogP contribution in [-0.2, 0) is 17.1 Å². The van der Waals surface area contributed by atoms with Crippen LogP contribution in [0.4, 0.5) is 0 Å². The Morgan fingerprint density at radius 3 is 1.04 bits per heavy atom. The van der Waals surface area contributed by atoms with Crippen LogP contribution in [0.15, 0.2) is 72.8 Å². The van der Waals surface area contributed by atoms with Crippen molar-refractivity contribution in [2.24, 2.45) is 5.92 Å². The Bertz CT molecular complexity index is 1440. The zero-order chi connectivity index (χ0) is 33.0. The second kappa shape index (κ2) is 17.3. The molecule has 47 heavy (non-hydrogen) atoms. The molecule has 0 radical (unpaired) electrons. The molecule has 252 valence electrons. The van der Waals surface area contributed by atoms with Crippen molar-refractivity contribution >= 4 is 37.1 Å². The third-order valence-electron chi connectivity index (χ3n) is 10.1. The molecule has 2 saturated carbocycles. The van der Waals surface area contributed by atoms with Gasteiger partial charge in [-0.15, -0.1) is 0 Å². The quantitative estimate of drug-likeness (QED) is 0.133. The van der Waals surface area contributed by atoms with Crippen molar-refractivity contribution in [2.75, 3.05) is 0 Å². The van der Waals surface area contributed by atoms with E-state index in [4.69, 9.17) is 0 Å². The van der Waals surface area contributed by atoms with Gasteiger partial charge in [-0.1, -0.05) is 163 Å². The van der Waals surface area contributed by atoms with Gasteiger partial charge in [-0.25, -0.2) is 0 Å². The Kier molecular flexibility index (Phi) is 14.0. The van der Waals surface area contributed by atoms with Gasteiger partial charge in [-0.05, 0) is 123 Å². The molecule has 0 aromatic heterocycles. The zero-order valence-electron chi connectivity index (χ0n) is 30.6. The molecule has 2 aliphatic carbocycles. The maximum absolute atomic E-state index is 2.61. The average molecular weight is 705 g/mol. The molecule has 0 nitrogen and oxygen atoms in total. The summed E-state index contributed by atoms with van der Waals surface area (Å²) in [5.41, 5.74) is 12.4. The molecular formula is C44H58FeP2. The third-order valence-corrected chi connectivity index (χ3v) is 15.8. The number of benzene rings is 4. The van der Waals surface area contributed by atoms with Crippen LogP contribution >= 0.6 is 15.8 Å². The maximum atomic E-state index is 2.61. The van der Waals surface area contributed by atoms with Gasteiger partial charge in [0.1, 0.15) is 0 Å². The summed E-state index contributed by atoms with van der Waals surface area (Å²) in [6.07, 6.45) is 11.5. The van der Waals surface area contributed by atoms with Crippen molar-refractivity contribution in [3.8, 4) is 0 Å². The minimum absolute atomic E-state index is 0. The maximum Gasteiger partial charge on any atom is 0 e.